The fraction of sp³-hybridized carbons (Fsp3) is 0.577. The van der Waals surface area contributed by atoms with Gasteiger partial charge in [-0.3, -0.25) is 4.79 Å². The van der Waals surface area contributed by atoms with Crippen LogP contribution in [0.5, 0.6) is 5.75 Å². The Kier molecular flexibility index (Phi) is 11.3. The number of halogens is 2. The first-order valence-corrected chi connectivity index (χ1v) is 12.6. The molecule has 1 aromatic heterocycles. The van der Waals surface area contributed by atoms with Crippen molar-refractivity contribution in [3.05, 3.63) is 35.5 Å². The lowest BCUT2D eigenvalue weighted by Crippen LogP contribution is -2.36. The van der Waals surface area contributed by atoms with Crippen LogP contribution in [0.15, 0.2) is 24.4 Å². The quantitative estimate of drug-likeness (QED) is 0.255. The Morgan fingerprint density at radius 3 is 2.44 bits per heavy atom. The van der Waals surface area contributed by atoms with Gasteiger partial charge in [-0.25, -0.2) is 13.8 Å². The van der Waals surface area contributed by atoms with Crippen LogP contribution in [0.1, 0.15) is 75.7 Å². The van der Waals surface area contributed by atoms with Crippen molar-refractivity contribution in [2.45, 2.75) is 77.8 Å². The molecule has 2 rings (SSSR count). The zero-order valence-corrected chi connectivity index (χ0v) is 22.2. The first-order valence-electron chi connectivity index (χ1n) is 12.6. The Hall–Kier alpha value is -3.01. The van der Waals surface area contributed by atoms with Gasteiger partial charge in [-0.05, 0) is 57.5 Å². The molecule has 0 saturated heterocycles. The fourth-order valence-corrected chi connectivity index (χ4v) is 3.82. The number of ether oxygens (including phenoxy) is 1. The van der Waals surface area contributed by atoms with E-state index in [1.54, 1.807) is 18.2 Å². The largest absolute Gasteiger partial charge is 0.495 e. The molecular formula is C26H40F2N6O2. The lowest BCUT2D eigenvalue weighted by Gasteiger charge is -2.22. The predicted octanol–water partition coefficient (Wildman–Crippen LogP) is 5.45. The summed E-state index contributed by atoms with van der Waals surface area (Å²) in [4.78, 5) is 21.2. The van der Waals surface area contributed by atoms with Gasteiger partial charge < -0.3 is 26.0 Å². The van der Waals surface area contributed by atoms with E-state index in [2.05, 4.69) is 31.2 Å². The first-order chi connectivity index (χ1) is 17.2. The maximum atomic E-state index is 14.2. The second kappa shape index (κ2) is 13.9. The summed E-state index contributed by atoms with van der Waals surface area (Å²) in [6, 6.07) is 5.07. The number of carbonyl (C=O) groups excluding carboxylic acids is 1. The van der Waals surface area contributed by atoms with Gasteiger partial charge >= 0.3 is 0 Å². The molecule has 0 aliphatic carbocycles. The number of rotatable bonds is 15. The number of benzene rings is 1. The normalized spacial score (nSPS) is 13.1. The lowest BCUT2D eigenvalue weighted by atomic mass is 10.1. The van der Waals surface area contributed by atoms with Crippen molar-refractivity contribution in [1.29, 1.82) is 0 Å². The van der Waals surface area contributed by atoms with Gasteiger partial charge in [-0.15, -0.1) is 0 Å². The highest BCUT2D eigenvalue weighted by molar-refractivity contribution is 5.95. The molecule has 0 radical (unpaired) electrons. The van der Waals surface area contributed by atoms with Gasteiger partial charge in [0.25, 0.3) is 11.8 Å². The molecule has 0 saturated carbocycles. The number of carbonyl (C=O) groups is 1. The molecule has 10 heteroatoms. The fourth-order valence-electron chi connectivity index (χ4n) is 3.82. The van der Waals surface area contributed by atoms with Crippen molar-refractivity contribution < 1.29 is 18.3 Å². The third-order valence-corrected chi connectivity index (χ3v) is 6.01. The van der Waals surface area contributed by atoms with Gasteiger partial charge in [-0.1, -0.05) is 27.2 Å². The standard InChI is InChI=1S/C26H40F2N6O2/c1-7-10-18(8-2)31-23-20(26(4,27)28)16-30-25(34-23)33-21-12-11-17(15-22(21)36-6)24(35)32-19(9-3)13-14-29-5/h11-12,15-16,18-19,29H,7-10,13-14H2,1-6H3,(H,32,35)(H2,30,31,33,34). The summed E-state index contributed by atoms with van der Waals surface area (Å²) in [5.74, 6) is -2.64. The number of alkyl halides is 2. The number of aromatic nitrogens is 2. The Balaban J connectivity index is 2.28. The molecule has 2 atom stereocenters. The summed E-state index contributed by atoms with van der Waals surface area (Å²) < 4.78 is 34.0. The van der Waals surface area contributed by atoms with Gasteiger partial charge in [-0.2, -0.15) is 4.98 Å². The molecule has 2 unspecified atom stereocenters. The van der Waals surface area contributed by atoms with E-state index in [0.29, 0.717) is 17.0 Å². The third kappa shape index (κ3) is 8.29. The van der Waals surface area contributed by atoms with Crippen LogP contribution < -0.4 is 26.0 Å². The number of hydrogen-bond acceptors (Lipinski definition) is 7. The second-order valence-corrected chi connectivity index (χ2v) is 8.89. The first kappa shape index (κ1) is 29.2. The Morgan fingerprint density at radius 2 is 1.86 bits per heavy atom. The SMILES string of the molecule is CCCC(CC)Nc1nc(Nc2ccc(C(=O)NC(CC)CCNC)cc2OC)ncc1C(C)(F)F. The maximum absolute atomic E-state index is 14.2. The predicted molar refractivity (Wildman–Crippen MR) is 141 cm³/mol. The molecular weight excluding hydrogens is 466 g/mol. The highest BCUT2D eigenvalue weighted by Crippen LogP contribution is 2.34. The summed E-state index contributed by atoms with van der Waals surface area (Å²) in [7, 11) is 3.37. The van der Waals surface area contributed by atoms with Gasteiger partial charge in [0.05, 0.1) is 18.4 Å². The lowest BCUT2D eigenvalue weighted by molar-refractivity contribution is 0.0175. The highest BCUT2D eigenvalue weighted by atomic mass is 19.3. The molecule has 0 spiro atoms. The van der Waals surface area contributed by atoms with E-state index < -0.39 is 5.92 Å². The molecule has 36 heavy (non-hydrogen) atoms. The number of nitrogens with one attached hydrogen (secondary N) is 4. The van der Waals surface area contributed by atoms with Crippen molar-refractivity contribution >= 4 is 23.4 Å². The van der Waals surface area contributed by atoms with Gasteiger partial charge in [0.15, 0.2) is 0 Å². The molecule has 0 bridgehead atoms. The number of methoxy groups -OCH3 is 1. The van der Waals surface area contributed by atoms with E-state index in [9.17, 15) is 13.6 Å². The van der Waals surface area contributed by atoms with Crippen molar-refractivity contribution in [3.8, 4) is 5.75 Å². The molecule has 8 nitrogen and oxygen atoms in total. The third-order valence-electron chi connectivity index (χ3n) is 6.01. The van der Waals surface area contributed by atoms with Crippen molar-refractivity contribution in [2.75, 3.05) is 31.3 Å². The second-order valence-electron chi connectivity index (χ2n) is 8.89. The van der Waals surface area contributed by atoms with Gasteiger partial charge in [0, 0.05) is 30.8 Å². The van der Waals surface area contributed by atoms with Crippen LogP contribution in [0.4, 0.5) is 26.2 Å². The zero-order chi connectivity index (χ0) is 26.7. The molecule has 0 aliphatic heterocycles. The Bertz CT molecular complexity index is 983. The van der Waals surface area contributed by atoms with Gasteiger partial charge in [0.1, 0.15) is 11.6 Å². The molecule has 1 aromatic carbocycles. The molecule has 200 valence electrons. The molecule has 1 heterocycles. The minimum atomic E-state index is -3.10. The van der Waals surface area contributed by atoms with E-state index in [4.69, 9.17) is 4.74 Å². The smallest absolute Gasteiger partial charge is 0.275 e. The number of amides is 1. The summed E-state index contributed by atoms with van der Waals surface area (Å²) in [5, 5.41) is 12.3. The van der Waals surface area contributed by atoms with Crippen molar-refractivity contribution in [1.82, 2.24) is 20.6 Å². The van der Waals surface area contributed by atoms with Crippen LogP contribution in [0.25, 0.3) is 0 Å². The van der Waals surface area contributed by atoms with Crippen molar-refractivity contribution in [2.24, 2.45) is 0 Å². The molecule has 1 amide bonds. The molecule has 2 aromatic rings. The maximum Gasteiger partial charge on any atom is 0.275 e. The average Bonchev–Trinajstić information content (AvgIpc) is 2.85. The minimum Gasteiger partial charge on any atom is -0.495 e. The van der Waals surface area contributed by atoms with Crippen molar-refractivity contribution in [3.63, 3.8) is 0 Å². The van der Waals surface area contributed by atoms with Crippen LogP contribution >= 0.6 is 0 Å². The number of nitrogens with zero attached hydrogens (tertiary/aromatic N) is 2. The van der Waals surface area contributed by atoms with Crippen LogP contribution in [0, 0.1) is 0 Å². The summed E-state index contributed by atoms with van der Waals surface area (Å²) >= 11 is 0. The summed E-state index contributed by atoms with van der Waals surface area (Å²) in [6.45, 7) is 7.72. The van der Waals surface area contributed by atoms with E-state index >= 15 is 0 Å². The van der Waals surface area contributed by atoms with Crippen LogP contribution in [-0.2, 0) is 5.92 Å². The number of hydrogen-bond donors (Lipinski definition) is 4. The van der Waals surface area contributed by atoms with E-state index in [1.807, 2.05) is 27.8 Å². The molecule has 0 fully saturated rings. The highest BCUT2D eigenvalue weighted by Gasteiger charge is 2.30. The topological polar surface area (TPSA) is 100 Å². The monoisotopic (exact) mass is 506 g/mol. The molecule has 0 aliphatic rings. The average molecular weight is 507 g/mol. The van der Waals surface area contributed by atoms with Gasteiger partial charge in [0.2, 0.25) is 5.95 Å². The minimum absolute atomic E-state index is 0.0197. The Labute approximate surface area is 213 Å². The van der Waals surface area contributed by atoms with Crippen LogP contribution in [-0.4, -0.2) is 48.7 Å². The zero-order valence-electron chi connectivity index (χ0n) is 22.2. The molecule has 4 N–H and O–H groups in total. The Morgan fingerprint density at radius 1 is 1.14 bits per heavy atom. The van der Waals surface area contributed by atoms with E-state index in [1.165, 1.54) is 7.11 Å². The van der Waals surface area contributed by atoms with E-state index in [-0.39, 0.29) is 35.3 Å². The van der Waals surface area contributed by atoms with E-state index in [0.717, 1.165) is 51.8 Å². The number of anilines is 3. The van der Waals surface area contributed by atoms with Crippen LogP contribution in [0.3, 0.4) is 0 Å². The summed E-state index contributed by atoms with van der Waals surface area (Å²) in [6.07, 6.45) is 5.32. The summed E-state index contributed by atoms with van der Waals surface area (Å²) in [5.41, 5.74) is 0.707. The van der Waals surface area contributed by atoms with Crippen LogP contribution in [0.2, 0.25) is 0 Å².